The number of aryl methyl sites for hydroxylation is 1. The van der Waals surface area contributed by atoms with E-state index in [1.54, 1.807) is 6.20 Å². The van der Waals surface area contributed by atoms with Crippen LogP contribution in [0.2, 0.25) is 0 Å². The number of rotatable bonds is 7. The molecule has 0 radical (unpaired) electrons. The molecule has 0 aliphatic rings. The van der Waals surface area contributed by atoms with Crippen LogP contribution in [0.25, 0.3) is 5.65 Å². The van der Waals surface area contributed by atoms with Crippen molar-refractivity contribution in [3.8, 4) is 0 Å². The van der Waals surface area contributed by atoms with Gasteiger partial charge in [0.15, 0.2) is 5.65 Å². The van der Waals surface area contributed by atoms with Crippen LogP contribution in [-0.2, 0) is 6.42 Å². The molecule has 1 atom stereocenters. The van der Waals surface area contributed by atoms with Crippen molar-refractivity contribution in [2.75, 3.05) is 25.5 Å². The van der Waals surface area contributed by atoms with Crippen molar-refractivity contribution in [3.63, 3.8) is 0 Å². The molecule has 5 heteroatoms. The highest BCUT2D eigenvalue weighted by Gasteiger charge is 2.12. The Kier molecular flexibility index (Phi) is 4.95. The second-order valence-corrected chi connectivity index (χ2v) is 5.10. The molecule has 1 N–H and O–H groups in total. The molecule has 0 saturated heterocycles. The van der Waals surface area contributed by atoms with Gasteiger partial charge < -0.3 is 10.2 Å². The van der Waals surface area contributed by atoms with Gasteiger partial charge in [-0.05, 0) is 26.4 Å². The number of likely N-dealkylation sites (N-methyl/N-ethyl adjacent to an activating group) is 1. The SMILES string of the molecule is CCc1cc(NCC(CC)N(C)CC)n2nccc2n1. The van der Waals surface area contributed by atoms with Gasteiger partial charge >= 0.3 is 0 Å². The van der Waals surface area contributed by atoms with Crippen molar-refractivity contribution in [2.45, 2.75) is 39.7 Å². The maximum absolute atomic E-state index is 4.56. The van der Waals surface area contributed by atoms with E-state index in [0.29, 0.717) is 6.04 Å². The standard InChI is InChI=1S/C15H25N5/c1-5-12-10-15(20-14(18-12)8-9-17-20)16-11-13(6-2)19(4)7-3/h8-10,13,16H,5-7,11H2,1-4H3. The first-order valence-electron chi connectivity index (χ1n) is 7.47. The predicted octanol–water partition coefficient (Wildman–Crippen LogP) is 2.43. The number of nitrogens with zero attached hydrogens (tertiary/aromatic N) is 4. The molecule has 0 fully saturated rings. The number of fused-ring (bicyclic) bond motifs is 1. The van der Waals surface area contributed by atoms with Crippen molar-refractivity contribution < 1.29 is 0 Å². The normalized spacial score (nSPS) is 13.1. The summed E-state index contributed by atoms with van der Waals surface area (Å²) >= 11 is 0. The van der Waals surface area contributed by atoms with E-state index in [-0.39, 0.29) is 0 Å². The Morgan fingerprint density at radius 2 is 2.15 bits per heavy atom. The molecule has 0 aliphatic heterocycles. The third kappa shape index (κ3) is 3.10. The van der Waals surface area contributed by atoms with Gasteiger partial charge in [-0.25, -0.2) is 4.98 Å². The highest BCUT2D eigenvalue weighted by molar-refractivity contribution is 5.49. The summed E-state index contributed by atoms with van der Waals surface area (Å²) < 4.78 is 1.87. The highest BCUT2D eigenvalue weighted by atomic mass is 15.3. The number of anilines is 1. The largest absolute Gasteiger partial charge is 0.368 e. The van der Waals surface area contributed by atoms with E-state index >= 15 is 0 Å². The third-order valence-electron chi connectivity index (χ3n) is 3.89. The number of aromatic nitrogens is 3. The van der Waals surface area contributed by atoms with Crippen LogP contribution >= 0.6 is 0 Å². The van der Waals surface area contributed by atoms with Gasteiger partial charge in [0.05, 0.1) is 6.20 Å². The van der Waals surface area contributed by atoms with Crippen LogP contribution in [0.3, 0.4) is 0 Å². The van der Waals surface area contributed by atoms with Gasteiger partial charge in [0.25, 0.3) is 0 Å². The molecule has 0 bridgehead atoms. The van der Waals surface area contributed by atoms with Crippen molar-refractivity contribution in [1.82, 2.24) is 19.5 Å². The van der Waals surface area contributed by atoms with E-state index in [0.717, 1.165) is 43.1 Å². The molecule has 5 nitrogen and oxygen atoms in total. The molecule has 0 aromatic carbocycles. The number of hydrogen-bond donors (Lipinski definition) is 1. The highest BCUT2D eigenvalue weighted by Crippen LogP contribution is 2.13. The summed E-state index contributed by atoms with van der Waals surface area (Å²) in [5.41, 5.74) is 2.00. The fourth-order valence-electron chi connectivity index (χ4n) is 2.36. The molecule has 20 heavy (non-hydrogen) atoms. The average Bonchev–Trinajstić information content (AvgIpc) is 2.95. The predicted molar refractivity (Wildman–Crippen MR) is 83.2 cm³/mol. The van der Waals surface area contributed by atoms with Crippen LogP contribution in [0.5, 0.6) is 0 Å². The Balaban J connectivity index is 2.18. The first-order valence-corrected chi connectivity index (χ1v) is 7.47. The summed E-state index contributed by atoms with van der Waals surface area (Å²) in [7, 11) is 2.17. The zero-order valence-corrected chi connectivity index (χ0v) is 12.9. The molecule has 0 aliphatic carbocycles. The van der Waals surface area contributed by atoms with Gasteiger partial charge in [-0.2, -0.15) is 9.61 Å². The zero-order chi connectivity index (χ0) is 14.5. The van der Waals surface area contributed by atoms with Crippen LogP contribution in [0.4, 0.5) is 5.82 Å². The van der Waals surface area contributed by atoms with E-state index in [2.05, 4.69) is 54.2 Å². The summed E-state index contributed by atoms with van der Waals surface area (Å²) in [4.78, 5) is 6.93. The lowest BCUT2D eigenvalue weighted by atomic mass is 10.2. The second-order valence-electron chi connectivity index (χ2n) is 5.10. The van der Waals surface area contributed by atoms with E-state index in [4.69, 9.17) is 0 Å². The maximum Gasteiger partial charge on any atom is 0.157 e. The molecule has 2 rings (SSSR count). The van der Waals surface area contributed by atoms with Crippen LogP contribution in [0.15, 0.2) is 18.3 Å². The minimum atomic E-state index is 0.531. The van der Waals surface area contributed by atoms with Crippen molar-refractivity contribution in [2.24, 2.45) is 0 Å². The quantitative estimate of drug-likeness (QED) is 0.843. The fraction of sp³-hybridized carbons (Fsp3) is 0.600. The molecule has 2 heterocycles. The first-order chi connectivity index (χ1) is 9.69. The fourth-order valence-corrected chi connectivity index (χ4v) is 2.36. The maximum atomic E-state index is 4.56. The lowest BCUT2D eigenvalue weighted by Gasteiger charge is -2.26. The number of nitrogens with one attached hydrogen (secondary N) is 1. The molecule has 0 amide bonds. The van der Waals surface area contributed by atoms with Gasteiger partial charge in [0, 0.05) is 30.4 Å². The number of hydrogen-bond acceptors (Lipinski definition) is 4. The second kappa shape index (κ2) is 6.70. The van der Waals surface area contributed by atoms with Gasteiger partial charge in [-0.1, -0.05) is 20.8 Å². The minimum Gasteiger partial charge on any atom is -0.368 e. The van der Waals surface area contributed by atoms with Gasteiger partial charge in [-0.3, -0.25) is 0 Å². The summed E-state index contributed by atoms with van der Waals surface area (Å²) in [5.74, 6) is 1.03. The minimum absolute atomic E-state index is 0.531. The van der Waals surface area contributed by atoms with Gasteiger partial charge in [-0.15, -0.1) is 0 Å². The molecule has 0 spiro atoms. The summed E-state index contributed by atoms with van der Waals surface area (Å²) in [6.45, 7) is 8.53. The molecule has 0 saturated carbocycles. The van der Waals surface area contributed by atoms with Gasteiger partial charge in [0.1, 0.15) is 5.82 Å². The Labute approximate surface area is 121 Å². The third-order valence-corrected chi connectivity index (χ3v) is 3.89. The van der Waals surface area contributed by atoms with E-state index < -0.39 is 0 Å². The van der Waals surface area contributed by atoms with Crippen LogP contribution in [0, 0.1) is 0 Å². The molecule has 110 valence electrons. The van der Waals surface area contributed by atoms with Crippen molar-refractivity contribution in [1.29, 1.82) is 0 Å². The smallest absolute Gasteiger partial charge is 0.157 e. The van der Waals surface area contributed by atoms with Crippen LogP contribution in [0.1, 0.15) is 32.9 Å². The van der Waals surface area contributed by atoms with Crippen LogP contribution < -0.4 is 5.32 Å². The van der Waals surface area contributed by atoms with Crippen molar-refractivity contribution >= 4 is 11.5 Å². The summed E-state index contributed by atoms with van der Waals surface area (Å²) in [6, 6.07) is 4.57. The molecule has 1 unspecified atom stereocenters. The first kappa shape index (κ1) is 14.8. The Morgan fingerprint density at radius 1 is 1.35 bits per heavy atom. The molecule has 2 aromatic heterocycles. The van der Waals surface area contributed by atoms with E-state index in [9.17, 15) is 0 Å². The summed E-state index contributed by atoms with van der Waals surface area (Å²) in [6.07, 6.45) is 3.86. The average molecular weight is 275 g/mol. The zero-order valence-electron chi connectivity index (χ0n) is 12.9. The molecular weight excluding hydrogens is 250 g/mol. The lowest BCUT2D eigenvalue weighted by molar-refractivity contribution is 0.257. The summed E-state index contributed by atoms with van der Waals surface area (Å²) in [5, 5.41) is 7.87. The van der Waals surface area contributed by atoms with E-state index in [1.807, 2.05) is 10.6 Å². The van der Waals surface area contributed by atoms with Crippen molar-refractivity contribution in [3.05, 3.63) is 24.0 Å². The lowest BCUT2D eigenvalue weighted by Crippen LogP contribution is -2.36. The Hall–Kier alpha value is -1.62. The van der Waals surface area contributed by atoms with E-state index in [1.165, 1.54) is 0 Å². The molecule has 2 aromatic rings. The Morgan fingerprint density at radius 3 is 2.80 bits per heavy atom. The monoisotopic (exact) mass is 275 g/mol. The van der Waals surface area contributed by atoms with Crippen LogP contribution in [-0.4, -0.2) is 45.7 Å². The van der Waals surface area contributed by atoms with Gasteiger partial charge in [0.2, 0.25) is 0 Å². The topological polar surface area (TPSA) is 45.5 Å². The Bertz CT molecular complexity index is 548. The molecular formula is C15H25N5.